The van der Waals surface area contributed by atoms with Gasteiger partial charge in [0.1, 0.15) is 6.10 Å². The van der Waals surface area contributed by atoms with Crippen LogP contribution in [0.5, 0.6) is 0 Å². The highest BCUT2D eigenvalue weighted by molar-refractivity contribution is 5.91. The Bertz CT molecular complexity index is 704. The number of hydrogen-bond donors (Lipinski definition) is 1. The average molecular weight is 345 g/mol. The van der Waals surface area contributed by atoms with Crippen molar-refractivity contribution in [2.45, 2.75) is 31.9 Å². The van der Waals surface area contributed by atoms with Gasteiger partial charge in [-0.15, -0.1) is 0 Å². The van der Waals surface area contributed by atoms with E-state index in [0.29, 0.717) is 24.8 Å². The van der Waals surface area contributed by atoms with E-state index in [9.17, 15) is 4.79 Å². The normalized spacial score (nSPS) is 21.0. The lowest BCUT2D eigenvalue weighted by molar-refractivity contribution is 0.0376. The monoisotopic (exact) mass is 345 g/mol. The van der Waals surface area contributed by atoms with Crippen LogP contribution in [0.1, 0.15) is 40.8 Å². The number of rotatable bonds is 5. The first-order valence-electron chi connectivity index (χ1n) is 8.87. The summed E-state index contributed by atoms with van der Waals surface area (Å²) in [6.07, 6.45) is 6.45. The summed E-state index contributed by atoms with van der Waals surface area (Å²) < 4.78 is 18.4. The maximum Gasteiger partial charge on any atom is 0.287 e. The van der Waals surface area contributed by atoms with Crippen molar-refractivity contribution in [2.24, 2.45) is 5.92 Å². The third kappa shape index (κ3) is 3.77. The van der Waals surface area contributed by atoms with Crippen LogP contribution in [-0.2, 0) is 22.4 Å². The molecule has 0 unspecified atom stereocenters. The summed E-state index contributed by atoms with van der Waals surface area (Å²) in [4.78, 5) is 12.0. The van der Waals surface area contributed by atoms with E-state index in [1.165, 1.54) is 11.8 Å². The van der Waals surface area contributed by atoms with Crippen LogP contribution < -0.4 is 5.32 Å². The van der Waals surface area contributed by atoms with Gasteiger partial charge in [-0.3, -0.25) is 9.48 Å². The summed E-state index contributed by atoms with van der Waals surface area (Å²) in [6.45, 7) is 3.65. The maximum absolute atomic E-state index is 12.0. The summed E-state index contributed by atoms with van der Waals surface area (Å²) in [5.74, 6) is 0.691. The van der Waals surface area contributed by atoms with E-state index >= 15 is 0 Å². The summed E-state index contributed by atoms with van der Waals surface area (Å²) in [7, 11) is 0. The first-order chi connectivity index (χ1) is 12.3. The van der Waals surface area contributed by atoms with Crippen molar-refractivity contribution in [3.63, 3.8) is 0 Å². The molecule has 0 aromatic carbocycles. The number of furan rings is 1. The predicted octanol–water partition coefficient (Wildman–Crippen LogP) is 1.95. The predicted molar refractivity (Wildman–Crippen MR) is 89.2 cm³/mol. The zero-order valence-electron chi connectivity index (χ0n) is 14.1. The molecule has 7 nitrogen and oxygen atoms in total. The fraction of sp³-hybridized carbons (Fsp3) is 0.556. The topological polar surface area (TPSA) is 78.5 Å². The van der Waals surface area contributed by atoms with Gasteiger partial charge in [-0.2, -0.15) is 5.10 Å². The van der Waals surface area contributed by atoms with Crippen molar-refractivity contribution in [3.05, 3.63) is 41.6 Å². The molecule has 25 heavy (non-hydrogen) atoms. The maximum atomic E-state index is 12.0. The van der Waals surface area contributed by atoms with E-state index in [2.05, 4.69) is 11.5 Å². The number of aromatic nitrogens is 2. The summed E-state index contributed by atoms with van der Waals surface area (Å²) in [5, 5.41) is 7.61. The molecule has 2 aliphatic heterocycles. The Hall–Kier alpha value is -2.12. The number of carbonyl (C=O) groups excluding carboxylic acids is 1. The van der Waals surface area contributed by atoms with Gasteiger partial charge in [0.15, 0.2) is 5.76 Å². The second-order valence-electron chi connectivity index (χ2n) is 6.61. The zero-order chi connectivity index (χ0) is 17.1. The quantitative estimate of drug-likeness (QED) is 0.896. The van der Waals surface area contributed by atoms with Crippen LogP contribution in [0.4, 0.5) is 0 Å². The number of ether oxygens (including phenoxy) is 2. The van der Waals surface area contributed by atoms with Crippen molar-refractivity contribution in [2.75, 3.05) is 26.4 Å². The minimum atomic E-state index is -0.234. The molecule has 0 spiro atoms. The van der Waals surface area contributed by atoms with Crippen LogP contribution in [0.15, 0.2) is 29.0 Å². The third-order valence-corrected chi connectivity index (χ3v) is 4.84. The highest BCUT2D eigenvalue weighted by Gasteiger charge is 2.26. The molecule has 2 aromatic rings. The Morgan fingerprint density at radius 3 is 3.00 bits per heavy atom. The van der Waals surface area contributed by atoms with E-state index < -0.39 is 0 Å². The molecule has 4 heterocycles. The van der Waals surface area contributed by atoms with E-state index in [1.54, 1.807) is 12.1 Å². The molecule has 2 aliphatic rings. The number of hydrogen-bond acceptors (Lipinski definition) is 5. The van der Waals surface area contributed by atoms with E-state index in [4.69, 9.17) is 19.0 Å². The lowest BCUT2D eigenvalue weighted by Gasteiger charge is -2.22. The Balaban J connectivity index is 1.39. The molecule has 1 saturated heterocycles. The van der Waals surface area contributed by atoms with Crippen LogP contribution >= 0.6 is 0 Å². The third-order valence-electron chi connectivity index (χ3n) is 4.84. The molecule has 1 N–H and O–H groups in total. The van der Waals surface area contributed by atoms with Crippen LogP contribution in [0, 0.1) is 5.92 Å². The standard InChI is InChI=1S/C18H23N3O4/c22-18(15-2-1-6-24-15)19-10-16-17-14(5-9-25-16)12-21(20-17)11-13-3-7-23-8-4-13/h1-2,6,12-13,16H,3-5,7-11H2,(H,19,22)/t16-/m0/s1. The second-order valence-corrected chi connectivity index (χ2v) is 6.61. The summed E-state index contributed by atoms with van der Waals surface area (Å²) in [6, 6.07) is 3.34. The molecule has 4 rings (SSSR count). The lowest BCUT2D eigenvalue weighted by Crippen LogP contribution is -2.31. The number of nitrogens with one attached hydrogen (secondary N) is 1. The van der Waals surface area contributed by atoms with Gasteiger partial charge in [-0.1, -0.05) is 0 Å². The van der Waals surface area contributed by atoms with Crippen LogP contribution in [0.2, 0.25) is 0 Å². The summed E-state index contributed by atoms with van der Waals surface area (Å²) in [5.41, 5.74) is 2.16. The number of fused-ring (bicyclic) bond motifs is 1. The van der Waals surface area contributed by atoms with Gasteiger partial charge < -0.3 is 19.2 Å². The summed E-state index contributed by atoms with van der Waals surface area (Å²) >= 11 is 0. The van der Waals surface area contributed by atoms with Crippen LogP contribution in [0.3, 0.4) is 0 Å². The smallest absolute Gasteiger partial charge is 0.287 e. The van der Waals surface area contributed by atoms with Gasteiger partial charge in [0, 0.05) is 32.5 Å². The SMILES string of the molecule is O=C(NC[C@@H]1OCCc2cn(CC3CCOCC3)nc21)c1ccco1. The highest BCUT2D eigenvalue weighted by atomic mass is 16.5. The molecule has 1 atom stereocenters. The molecule has 0 radical (unpaired) electrons. The van der Waals surface area contributed by atoms with Crippen molar-refractivity contribution < 1.29 is 18.7 Å². The average Bonchev–Trinajstić information content (AvgIpc) is 3.30. The van der Waals surface area contributed by atoms with Crippen molar-refractivity contribution in [1.29, 1.82) is 0 Å². The first kappa shape index (κ1) is 16.4. The lowest BCUT2D eigenvalue weighted by atomic mass is 10.0. The number of nitrogens with zero attached hydrogens (tertiary/aromatic N) is 2. The molecule has 1 fully saturated rings. The minimum Gasteiger partial charge on any atom is -0.459 e. The molecule has 7 heteroatoms. The fourth-order valence-corrected chi connectivity index (χ4v) is 3.45. The Labute approximate surface area is 146 Å². The molecular formula is C18H23N3O4. The molecule has 0 saturated carbocycles. The highest BCUT2D eigenvalue weighted by Crippen LogP contribution is 2.26. The number of amides is 1. The minimum absolute atomic E-state index is 0.210. The second kappa shape index (κ2) is 7.41. The Morgan fingerprint density at radius 1 is 1.32 bits per heavy atom. The number of carbonyl (C=O) groups is 1. The van der Waals surface area contributed by atoms with Crippen LogP contribution in [-0.4, -0.2) is 42.1 Å². The molecule has 1 amide bonds. The van der Waals surface area contributed by atoms with Gasteiger partial charge in [0.2, 0.25) is 0 Å². The molecular weight excluding hydrogens is 322 g/mol. The Morgan fingerprint density at radius 2 is 2.20 bits per heavy atom. The van der Waals surface area contributed by atoms with Crippen molar-refractivity contribution in [1.82, 2.24) is 15.1 Å². The Kier molecular flexibility index (Phi) is 4.85. The zero-order valence-corrected chi connectivity index (χ0v) is 14.1. The molecule has 0 bridgehead atoms. The largest absolute Gasteiger partial charge is 0.459 e. The van der Waals surface area contributed by atoms with Gasteiger partial charge in [-0.05, 0) is 42.9 Å². The van der Waals surface area contributed by atoms with Gasteiger partial charge in [0.05, 0.1) is 18.6 Å². The molecule has 0 aliphatic carbocycles. The first-order valence-corrected chi connectivity index (χ1v) is 8.87. The van der Waals surface area contributed by atoms with Gasteiger partial charge in [-0.25, -0.2) is 0 Å². The van der Waals surface area contributed by atoms with E-state index in [-0.39, 0.29) is 12.0 Å². The molecule has 134 valence electrons. The van der Waals surface area contributed by atoms with Gasteiger partial charge in [0.25, 0.3) is 5.91 Å². The van der Waals surface area contributed by atoms with E-state index in [1.807, 2.05) is 4.68 Å². The van der Waals surface area contributed by atoms with Crippen LogP contribution in [0.25, 0.3) is 0 Å². The molecule has 2 aromatic heterocycles. The van der Waals surface area contributed by atoms with Crippen molar-refractivity contribution in [3.8, 4) is 0 Å². The van der Waals surface area contributed by atoms with E-state index in [0.717, 1.165) is 44.7 Å². The van der Waals surface area contributed by atoms with Gasteiger partial charge >= 0.3 is 0 Å². The fourth-order valence-electron chi connectivity index (χ4n) is 3.45. The van der Waals surface area contributed by atoms with Crippen molar-refractivity contribution >= 4 is 5.91 Å².